The third kappa shape index (κ3) is 3.25. The summed E-state index contributed by atoms with van der Waals surface area (Å²) in [5.41, 5.74) is 5.85. The summed E-state index contributed by atoms with van der Waals surface area (Å²) in [6.07, 6.45) is 1.91. The van der Waals surface area contributed by atoms with Crippen molar-refractivity contribution in [3.8, 4) is 5.75 Å². The van der Waals surface area contributed by atoms with Crippen LogP contribution in [0.5, 0.6) is 5.75 Å². The van der Waals surface area contributed by atoms with Gasteiger partial charge in [-0.1, -0.05) is 12.1 Å². The number of benzene rings is 3. The fourth-order valence-corrected chi connectivity index (χ4v) is 4.84. The summed E-state index contributed by atoms with van der Waals surface area (Å²) in [5, 5.41) is 11.8. The highest BCUT2D eigenvalue weighted by atomic mass is 32.1. The summed E-state index contributed by atoms with van der Waals surface area (Å²) in [5.74, 6) is -1.90. The summed E-state index contributed by atoms with van der Waals surface area (Å²) in [7, 11) is 1.57. The highest BCUT2D eigenvalue weighted by molar-refractivity contribution is 7.00. The van der Waals surface area contributed by atoms with Gasteiger partial charge in [-0.25, -0.2) is 9.78 Å². The van der Waals surface area contributed by atoms with Crippen LogP contribution >= 0.6 is 11.7 Å². The monoisotopic (exact) mass is 470 g/mol. The van der Waals surface area contributed by atoms with Crippen molar-refractivity contribution in [3.05, 3.63) is 89.3 Å². The van der Waals surface area contributed by atoms with Gasteiger partial charge < -0.3 is 19.6 Å². The van der Waals surface area contributed by atoms with Crippen LogP contribution in [0.2, 0.25) is 0 Å². The minimum Gasteiger partial charge on any atom is -0.497 e. The van der Waals surface area contributed by atoms with Crippen LogP contribution in [0, 0.1) is 0 Å². The smallest absolute Gasteiger partial charge is 0.342 e. The molecular weight excluding hydrogens is 452 g/mol. The second kappa shape index (κ2) is 7.75. The Morgan fingerprint density at radius 2 is 1.82 bits per heavy atom. The second-order valence-electron chi connectivity index (χ2n) is 8.01. The van der Waals surface area contributed by atoms with Crippen LogP contribution in [0.15, 0.2) is 72.6 Å². The first-order valence-corrected chi connectivity index (χ1v) is 11.3. The molecule has 9 heteroatoms. The molecule has 8 nitrogen and oxygen atoms in total. The number of nitrogens with one attached hydrogen (secondary N) is 1. The van der Waals surface area contributed by atoms with E-state index in [2.05, 4.69) is 18.7 Å². The Hall–Kier alpha value is -4.08. The number of aliphatic hydroxyl groups is 1. The lowest BCUT2D eigenvalue weighted by Crippen LogP contribution is -2.29. The van der Waals surface area contributed by atoms with Crippen LogP contribution in [-0.2, 0) is 21.7 Å². The van der Waals surface area contributed by atoms with E-state index >= 15 is 0 Å². The molecule has 168 valence electrons. The maximum atomic E-state index is 13.2. The van der Waals surface area contributed by atoms with Crippen molar-refractivity contribution in [2.24, 2.45) is 0 Å². The molecule has 0 bridgehead atoms. The lowest BCUT2D eigenvalue weighted by molar-refractivity contribution is -0.185. The Kier molecular flexibility index (Phi) is 4.68. The number of rotatable bonds is 5. The number of hydrogen-bond donors (Lipinski definition) is 2. The van der Waals surface area contributed by atoms with E-state index in [-0.39, 0.29) is 6.42 Å². The van der Waals surface area contributed by atoms with Crippen molar-refractivity contribution in [1.82, 2.24) is 18.7 Å². The van der Waals surface area contributed by atoms with E-state index in [0.29, 0.717) is 33.5 Å². The number of cyclic esters (lactones) is 1. The lowest BCUT2D eigenvalue weighted by Gasteiger charge is -2.26. The lowest BCUT2D eigenvalue weighted by atomic mass is 9.88. The summed E-state index contributed by atoms with van der Waals surface area (Å²) in [4.78, 5) is 20.6. The largest absolute Gasteiger partial charge is 0.497 e. The van der Waals surface area contributed by atoms with E-state index in [0.717, 1.165) is 33.8 Å². The number of esters is 1. The fraction of sp³-hybridized carbons (Fsp3) is 0.120. The van der Waals surface area contributed by atoms with E-state index in [1.165, 1.54) is 0 Å². The first-order valence-electron chi connectivity index (χ1n) is 10.5. The van der Waals surface area contributed by atoms with Gasteiger partial charge in [0.05, 0.1) is 41.8 Å². The summed E-state index contributed by atoms with van der Waals surface area (Å²) in [6, 6.07) is 18.0. The van der Waals surface area contributed by atoms with Gasteiger partial charge in [-0.3, -0.25) is 0 Å². The van der Waals surface area contributed by atoms with Crippen LogP contribution in [0.3, 0.4) is 0 Å². The van der Waals surface area contributed by atoms with Gasteiger partial charge in [0.2, 0.25) is 0 Å². The summed E-state index contributed by atoms with van der Waals surface area (Å²) >= 11 is 1.11. The Balaban J connectivity index is 1.53. The molecule has 1 atom stereocenters. The van der Waals surface area contributed by atoms with Crippen LogP contribution < -0.4 is 4.74 Å². The Bertz CT molecular complexity index is 1590. The molecule has 2 aromatic heterocycles. The number of H-pyrrole nitrogens is 1. The molecule has 0 saturated carbocycles. The predicted molar refractivity (Wildman–Crippen MR) is 127 cm³/mol. The molecule has 0 radical (unpaired) electrons. The molecular formula is C25H18N4O4S. The number of aromatic amines is 1. The highest BCUT2D eigenvalue weighted by Gasteiger charge is 2.48. The third-order valence-electron chi connectivity index (χ3n) is 6.04. The normalized spacial score (nSPS) is 18.1. The number of ether oxygens (including phenoxy) is 2. The number of imidazole rings is 1. The van der Waals surface area contributed by atoms with Gasteiger partial charge in [0.25, 0.3) is 5.79 Å². The number of carbonyl (C=O) groups excluding carboxylic acids is 1. The molecule has 1 unspecified atom stereocenters. The molecule has 5 aromatic rings. The molecule has 2 N–H and O–H groups in total. The van der Waals surface area contributed by atoms with Crippen molar-refractivity contribution in [3.63, 3.8) is 0 Å². The maximum absolute atomic E-state index is 13.2. The Morgan fingerprint density at radius 3 is 2.65 bits per heavy atom. The molecule has 0 saturated heterocycles. The van der Waals surface area contributed by atoms with Gasteiger partial charge in [0, 0.05) is 17.6 Å². The van der Waals surface area contributed by atoms with Crippen LogP contribution in [0.1, 0.15) is 16.7 Å². The zero-order valence-corrected chi connectivity index (χ0v) is 18.8. The fourth-order valence-electron chi connectivity index (χ4n) is 4.32. The number of nitrogens with zero attached hydrogens (tertiary/aromatic N) is 3. The van der Waals surface area contributed by atoms with Crippen molar-refractivity contribution in [1.29, 1.82) is 0 Å². The van der Waals surface area contributed by atoms with Gasteiger partial charge in [0.15, 0.2) is 0 Å². The Labute approximate surface area is 197 Å². The molecule has 1 aliphatic heterocycles. The van der Waals surface area contributed by atoms with E-state index in [4.69, 9.17) is 9.47 Å². The number of fused-ring (bicyclic) bond motifs is 2. The van der Waals surface area contributed by atoms with E-state index in [9.17, 15) is 9.90 Å². The first-order chi connectivity index (χ1) is 16.5. The zero-order chi connectivity index (χ0) is 23.3. The minimum absolute atomic E-state index is 0.284. The van der Waals surface area contributed by atoms with Crippen LogP contribution in [0.25, 0.3) is 27.6 Å². The molecule has 0 amide bonds. The third-order valence-corrected chi connectivity index (χ3v) is 6.60. The summed E-state index contributed by atoms with van der Waals surface area (Å²) in [6.45, 7) is 0. The van der Waals surface area contributed by atoms with Gasteiger partial charge in [0.1, 0.15) is 16.8 Å². The van der Waals surface area contributed by atoms with E-state index in [1.807, 2.05) is 24.3 Å². The molecule has 0 fully saturated rings. The molecule has 0 aliphatic carbocycles. The molecule has 6 rings (SSSR count). The average molecular weight is 471 g/mol. The molecule has 0 spiro atoms. The van der Waals surface area contributed by atoms with Gasteiger partial charge in [-0.05, 0) is 59.7 Å². The number of methoxy groups -OCH3 is 1. The molecule has 3 aromatic carbocycles. The number of aromatic nitrogens is 4. The summed E-state index contributed by atoms with van der Waals surface area (Å²) < 4.78 is 19.4. The molecule has 3 heterocycles. The van der Waals surface area contributed by atoms with Crippen molar-refractivity contribution < 1.29 is 19.4 Å². The average Bonchev–Trinajstić information content (AvgIpc) is 3.57. The Morgan fingerprint density at radius 1 is 1.03 bits per heavy atom. The van der Waals surface area contributed by atoms with E-state index in [1.54, 1.807) is 49.8 Å². The maximum Gasteiger partial charge on any atom is 0.342 e. The van der Waals surface area contributed by atoms with Crippen LogP contribution in [-0.4, -0.2) is 36.9 Å². The topological polar surface area (TPSA) is 110 Å². The second-order valence-corrected chi connectivity index (χ2v) is 8.54. The predicted octanol–water partition coefficient (Wildman–Crippen LogP) is 3.97. The van der Waals surface area contributed by atoms with Gasteiger partial charge >= 0.3 is 5.97 Å². The van der Waals surface area contributed by atoms with E-state index < -0.39 is 11.8 Å². The standard InChI is InChI=1S/C25H18N4O4S/c1-32-17-6-4-16(5-7-17)25(31)18(10-14-2-8-19-21(11-14)27-13-26-19)23(24(30)33-25)15-3-9-20-22(12-15)29-34-28-20/h2-9,11-13,31H,10H2,1H3,(H,26,27). The highest BCUT2D eigenvalue weighted by Crippen LogP contribution is 2.45. The van der Waals surface area contributed by atoms with Gasteiger partial charge in [-0.2, -0.15) is 8.75 Å². The molecule has 34 heavy (non-hydrogen) atoms. The first kappa shape index (κ1) is 20.5. The molecule has 1 aliphatic rings. The zero-order valence-electron chi connectivity index (χ0n) is 18.0. The van der Waals surface area contributed by atoms with Gasteiger partial charge in [-0.15, -0.1) is 0 Å². The van der Waals surface area contributed by atoms with Crippen molar-refractivity contribution in [2.75, 3.05) is 7.11 Å². The van der Waals surface area contributed by atoms with Crippen molar-refractivity contribution >= 4 is 45.3 Å². The van der Waals surface area contributed by atoms with Crippen molar-refractivity contribution in [2.45, 2.75) is 12.2 Å². The quantitative estimate of drug-likeness (QED) is 0.374. The number of hydrogen-bond acceptors (Lipinski definition) is 8. The SMILES string of the molecule is COc1ccc(C2(O)OC(=O)C(c3ccc4nsnc4c3)=C2Cc2ccc3nc[nH]c3c2)cc1. The number of carbonyl (C=O) groups is 1. The van der Waals surface area contributed by atoms with Crippen LogP contribution in [0.4, 0.5) is 0 Å². The minimum atomic E-state index is -1.93.